The minimum atomic E-state index is -4.28. The van der Waals surface area contributed by atoms with E-state index in [1.54, 1.807) is 17.5 Å². The number of carbonyl (C=O) groups is 2. The second-order valence-corrected chi connectivity index (χ2v) is 8.36. The molecule has 1 unspecified atom stereocenters. The van der Waals surface area contributed by atoms with Crippen molar-refractivity contribution in [3.63, 3.8) is 0 Å². The van der Waals surface area contributed by atoms with Crippen molar-refractivity contribution in [3.05, 3.63) is 46.7 Å². The van der Waals surface area contributed by atoms with Gasteiger partial charge in [0.25, 0.3) is 0 Å². The van der Waals surface area contributed by atoms with Gasteiger partial charge in [0, 0.05) is 11.3 Å². The van der Waals surface area contributed by atoms with Crippen molar-refractivity contribution < 1.29 is 32.6 Å². The van der Waals surface area contributed by atoms with E-state index < -0.39 is 34.5 Å². The van der Waals surface area contributed by atoms with Crippen molar-refractivity contribution in [1.82, 2.24) is 4.31 Å². The first kappa shape index (κ1) is 20.9. The zero-order valence-electron chi connectivity index (χ0n) is 14.7. The SMILES string of the molecule is COC(=O)C(Cc1cccs1)N(CC(=O)O)S(=O)(=O)c1ccc(OC)cc1. The van der Waals surface area contributed by atoms with Gasteiger partial charge in [-0.05, 0) is 35.7 Å². The molecule has 1 atom stereocenters. The number of methoxy groups -OCH3 is 2. The molecule has 1 heterocycles. The minimum absolute atomic E-state index is 0.00695. The van der Waals surface area contributed by atoms with E-state index in [0.29, 0.717) is 10.1 Å². The molecule has 0 spiro atoms. The number of benzene rings is 1. The van der Waals surface area contributed by atoms with Crippen LogP contribution in [0.15, 0.2) is 46.7 Å². The molecule has 0 aliphatic carbocycles. The average molecular weight is 413 g/mol. The number of carboxylic acids is 1. The smallest absolute Gasteiger partial charge is 0.324 e. The van der Waals surface area contributed by atoms with E-state index in [1.165, 1.54) is 42.7 Å². The van der Waals surface area contributed by atoms with E-state index >= 15 is 0 Å². The van der Waals surface area contributed by atoms with Gasteiger partial charge in [-0.25, -0.2) is 8.42 Å². The molecule has 27 heavy (non-hydrogen) atoms. The van der Waals surface area contributed by atoms with Gasteiger partial charge in [0.2, 0.25) is 10.0 Å². The van der Waals surface area contributed by atoms with Crippen molar-refractivity contribution >= 4 is 33.3 Å². The molecule has 8 nitrogen and oxygen atoms in total. The van der Waals surface area contributed by atoms with Crippen LogP contribution in [0.25, 0.3) is 0 Å². The third-order valence-electron chi connectivity index (χ3n) is 3.75. The second-order valence-electron chi connectivity index (χ2n) is 5.44. The molecule has 1 N–H and O–H groups in total. The highest BCUT2D eigenvalue weighted by atomic mass is 32.2. The molecule has 10 heteroatoms. The number of thiophene rings is 1. The Morgan fingerprint density at radius 1 is 1.19 bits per heavy atom. The molecule has 0 fully saturated rings. The Bertz CT molecular complexity index is 877. The lowest BCUT2D eigenvalue weighted by atomic mass is 10.2. The number of rotatable bonds is 9. The van der Waals surface area contributed by atoms with E-state index in [0.717, 1.165) is 12.0 Å². The molecule has 0 saturated heterocycles. The Labute approximate surface area is 161 Å². The van der Waals surface area contributed by atoms with E-state index in [-0.39, 0.29) is 11.3 Å². The number of carboxylic acid groups (broad SMARTS) is 1. The van der Waals surface area contributed by atoms with Crippen molar-refractivity contribution in [2.75, 3.05) is 20.8 Å². The Kier molecular flexibility index (Phi) is 6.94. The molecule has 0 aliphatic heterocycles. The molecular weight excluding hydrogens is 394 g/mol. The highest BCUT2D eigenvalue weighted by molar-refractivity contribution is 7.89. The number of nitrogens with zero attached hydrogens (tertiary/aromatic N) is 1. The standard InChI is InChI=1S/C17H19NO7S2/c1-24-12-5-7-14(8-6-12)27(22,23)18(11-16(19)20)15(17(21)25-2)10-13-4-3-9-26-13/h3-9,15H,10-11H2,1-2H3,(H,19,20). The number of carbonyl (C=O) groups excluding carboxylic acids is 1. The van der Waals surface area contributed by atoms with Crippen molar-refractivity contribution in [2.45, 2.75) is 17.4 Å². The van der Waals surface area contributed by atoms with Crippen molar-refractivity contribution in [2.24, 2.45) is 0 Å². The molecule has 1 aromatic carbocycles. The summed E-state index contributed by atoms with van der Waals surface area (Å²) in [6, 6.07) is 7.66. The summed E-state index contributed by atoms with van der Waals surface area (Å²) >= 11 is 1.33. The third kappa shape index (κ3) is 5.06. The van der Waals surface area contributed by atoms with Crippen LogP contribution in [0.2, 0.25) is 0 Å². The van der Waals surface area contributed by atoms with Gasteiger partial charge in [-0.2, -0.15) is 4.31 Å². The van der Waals surface area contributed by atoms with Crippen LogP contribution in [0.5, 0.6) is 5.75 Å². The van der Waals surface area contributed by atoms with E-state index in [2.05, 4.69) is 0 Å². The van der Waals surface area contributed by atoms with Crippen LogP contribution in [0.4, 0.5) is 0 Å². The van der Waals surface area contributed by atoms with Crippen LogP contribution in [-0.4, -0.2) is 56.6 Å². The second kappa shape index (κ2) is 8.98. The fraction of sp³-hybridized carbons (Fsp3) is 0.294. The summed E-state index contributed by atoms with van der Waals surface area (Å²) < 4.78 is 36.5. The number of esters is 1. The summed E-state index contributed by atoms with van der Waals surface area (Å²) in [5.74, 6) is -1.77. The van der Waals surface area contributed by atoms with E-state index in [4.69, 9.17) is 9.47 Å². The summed E-state index contributed by atoms with van der Waals surface area (Å²) in [5.41, 5.74) is 0. The molecule has 0 amide bonds. The fourth-order valence-corrected chi connectivity index (χ4v) is 4.71. The highest BCUT2D eigenvalue weighted by Gasteiger charge is 2.38. The van der Waals surface area contributed by atoms with Gasteiger partial charge in [0.1, 0.15) is 18.3 Å². The normalized spacial score (nSPS) is 12.6. The molecule has 2 rings (SSSR count). The number of hydrogen-bond acceptors (Lipinski definition) is 7. The fourth-order valence-electron chi connectivity index (χ4n) is 2.44. The predicted octanol–water partition coefficient (Wildman–Crippen LogP) is 1.62. The number of ether oxygens (including phenoxy) is 2. The summed E-state index contributed by atoms with van der Waals surface area (Å²) in [5, 5.41) is 11.0. The van der Waals surface area contributed by atoms with Crippen LogP contribution in [-0.2, 0) is 30.8 Å². The van der Waals surface area contributed by atoms with Gasteiger partial charge < -0.3 is 14.6 Å². The highest BCUT2D eigenvalue weighted by Crippen LogP contribution is 2.24. The summed E-state index contributed by atoms with van der Waals surface area (Å²) in [7, 11) is -1.71. The number of sulfonamides is 1. The Balaban J connectivity index is 2.48. The van der Waals surface area contributed by atoms with Crippen LogP contribution < -0.4 is 4.74 Å². The molecule has 146 valence electrons. The Morgan fingerprint density at radius 2 is 1.85 bits per heavy atom. The molecule has 0 radical (unpaired) electrons. The van der Waals surface area contributed by atoms with Gasteiger partial charge in [-0.1, -0.05) is 6.07 Å². The average Bonchev–Trinajstić information content (AvgIpc) is 3.17. The van der Waals surface area contributed by atoms with Gasteiger partial charge in [0.05, 0.1) is 19.1 Å². The van der Waals surface area contributed by atoms with Gasteiger partial charge in [-0.15, -0.1) is 11.3 Å². The van der Waals surface area contributed by atoms with Crippen molar-refractivity contribution in [3.8, 4) is 5.75 Å². The minimum Gasteiger partial charge on any atom is -0.497 e. The Morgan fingerprint density at radius 3 is 2.33 bits per heavy atom. The molecule has 0 saturated carbocycles. The van der Waals surface area contributed by atoms with Gasteiger partial charge in [0.15, 0.2) is 0 Å². The number of hydrogen-bond donors (Lipinski definition) is 1. The van der Waals surface area contributed by atoms with Gasteiger partial charge in [-0.3, -0.25) is 9.59 Å². The van der Waals surface area contributed by atoms with Crippen LogP contribution in [0.1, 0.15) is 4.88 Å². The molecule has 2 aromatic rings. The molecule has 0 bridgehead atoms. The van der Waals surface area contributed by atoms with E-state index in [1.807, 2.05) is 0 Å². The molecule has 1 aromatic heterocycles. The largest absolute Gasteiger partial charge is 0.497 e. The van der Waals surface area contributed by atoms with Crippen LogP contribution >= 0.6 is 11.3 Å². The zero-order valence-corrected chi connectivity index (χ0v) is 16.3. The Hall–Kier alpha value is -2.43. The lowest BCUT2D eigenvalue weighted by molar-refractivity contribution is -0.146. The number of aliphatic carboxylic acids is 1. The maximum Gasteiger partial charge on any atom is 0.324 e. The summed E-state index contributed by atoms with van der Waals surface area (Å²) in [6.45, 7) is -0.875. The van der Waals surface area contributed by atoms with Crippen molar-refractivity contribution in [1.29, 1.82) is 0 Å². The van der Waals surface area contributed by atoms with Crippen LogP contribution in [0.3, 0.4) is 0 Å². The molecule has 0 aliphatic rings. The summed E-state index contributed by atoms with van der Waals surface area (Å²) in [4.78, 5) is 24.2. The van der Waals surface area contributed by atoms with E-state index in [9.17, 15) is 23.1 Å². The third-order valence-corrected chi connectivity index (χ3v) is 6.52. The first-order valence-electron chi connectivity index (χ1n) is 7.77. The first-order chi connectivity index (χ1) is 12.8. The monoisotopic (exact) mass is 413 g/mol. The lowest BCUT2D eigenvalue weighted by Crippen LogP contribution is -2.49. The maximum absolute atomic E-state index is 13.1. The predicted molar refractivity (Wildman–Crippen MR) is 98.3 cm³/mol. The quantitative estimate of drug-likeness (QED) is 0.622. The topological polar surface area (TPSA) is 110 Å². The van der Waals surface area contributed by atoms with Crippen LogP contribution in [0, 0.1) is 0 Å². The maximum atomic E-state index is 13.1. The first-order valence-corrected chi connectivity index (χ1v) is 10.1. The zero-order chi connectivity index (χ0) is 20.0. The summed E-state index contributed by atoms with van der Waals surface area (Å²) in [6.07, 6.45) is 0.00695. The molecular formula is C17H19NO7S2. The lowest BCUT2D eigenvalue weighted by Gasteiger charge is -2.27. The van der Waals surface area contributed by atoms with Gasteiger partial charge >= 0.3 is 11.9 Å².